The summed E-state index contributed by atoms with van der Waals surface area (Å²) in [6.45, 7) is 2.06. The van der Waals surface area contributed by atoms with Crippen LogP contribution in [0.4, 0.5) is 4.79 Å². The van der Waals surface area contributed by atoms with Gasteiger partial charge in [-0.05, 0) is 41.3 Å². The molecule has 0 radical (unpaired) electrons. The summed E-state index contributed by atoms with van der Waals surface area (Å²) in [6, 6.07) is 22.4. The van der Waals surface area contributed by atoms with E-state index in [0.717, 1.165) is 22.3 Å². The lowest BCUT2D eigenvalue weighted by molar-refractivity contribution is -0.132. The van der Waals surface area contributed by atoms with Gasteiger partial charge in [-0.2, -0.15) is 0 Å². The molecule has 3 aromatic rings. The van der Waals surface area contributed by atoms with E-state index in [-0.39, 0.29) is 12.5 Å². The molecule has 1 aliphatic rings. The zero-order valence-electron chi connectivity index (χ0n) is 18.4. The number of nitrogens with one attached hydrogen (secondary N) is 1. The van der Waals surface area contributed by atoms with Crippen molar-refractivity contribution in [3.8, 4) is 11.5 Å². The number of amides is 3. The Morgan fingerprint density at radius 2 is 1.47 bits per heavy atom. The monoisotopic (exact) mass is 430 g/mol. The van der Waals surface area contributed by atoms with Crippen LogP contribution in [0.5, 0.6) is 11.5 Å². The van der Waals surface area contributed by atoms with Crippen LogP contribution in [0.2, 0.25) is 0 Å². The maximum Gasteiger partial charge on any atom is 0.325 e. The molecule has 3 amide bonds. The molecule has 0 saturated carbocycles. The minimum absolute atomic E-state index is 0.139. The first-order valence-electron chi connectivity index (χ1n) is 10.4. The Kier molecular flexibility index (Phi) is 5.86. The molecular formula is C26H26N2O4. The molecule has 1 aliphatic heterocycles. The zero-order chi connectivity index (χ0) is 22.7. The molecule has 164 valence electrons. The molecule has 1 fully saturated rings. The Morgan fingerprint density at radius 3 is 2.09 bits per heavy atom. The molecule has 1 unspecified atom stereocenters. The van der Waals surface area contributed by atoms with Crippen molar-refractivity contribution in [2.45, 2.75) is 25.4 Å². The lowest BCUT2D eigenvalue weighted by Gasteiger charge is -2.27. The topological polar surface area (TPSA) is 67.9 Å². The Bertz CT molecular complexity index is 1130. The van der Waals surface area contributed by atoms with Crippen molar-refractivity contribution in [2.24, 2.45) is 0 Å². The van der Waals surface area contributed by atoms with Crippen LogP contribution in [0.1, 0.15) is 22.3 Å². The van der Waals surface area contributed by atoms with Gasteiger partial charge in [-0.3, -0.25) is 9.69 Å². The number of urea groups is 1. The second-order valence-corrected chi connectivity index (χ2v) is 7.89. The number of carbonyl (C=O) groups excluding carboxylic acids is 2. The molecule has 6 heteroatoms. The SMILES string of the molecule is COc1cc(C)c(CN2C(=O)NC(Cc3ccccc3)(c3ccccc3)C2=O)cc1OC. The molecule has 1 saturated heterocycles. The molecule has 6 nitrogen and oxygen atoms in total. The molecular weight excluding hydrogens is 404 g/mol. The number of ether oxygens (including phenoxy) is 2. The van der Waals surface area contributed by atoms with Crippen LogP contribution in [0.25, 0.3) is 0 Å². The number of benzene rings is 3. The molecule has 1 atom stereocenters. The number of rotatable bonds is 7. The lowest BCUT2D eigenvalue weighted by Crippen LogP contribution is -2.46. The maximum atomic E-state index is 13.8. The van der Waals surface area contributed by atoms with Crippen molar-refractivity contribution < 1.29 is 19.1 Å². The molecule has 4 rings (SSSR count). The number of hydrogen-bond donors (Lipinski definition) is 1. The van der Waals surface area contributed by atoms with Gasteiger partial charge in [0.1, 0.15) is 0 Å². The highest BCUT2D eigenvalue weighted by atomic mass is 16.5. The van der Waals surface area contributed by atoms with E-state index >= 15 is 0 Å². The quantitative estimate of drug-likeness (QED) is 0.571. The highest BCUT2D eigenvalue weighted by Crippen LogP contribution is 2.36. The van der Waals surface area contributed by atoms with Crippen molar-refractivity contribution in [1.82, 2.24) is 10.2 Å². The van der Waals surface area contributed by atoms with E-state index in [2.05, 4.69) is 5.32 Å². The molecule has 0 aliphatic carbocycles. The largest absolute Gasteiger partial charge is 0.493 e. The fourth-order valence-corrected chi connectivity index (χ4v) is 4.18. The third kappa shape index (κ3) is 3.80. The van der Waals surface area contributed by atoms with E-state index in [0.29, 0.717) is 17.9 Å². The molecule has 1 heterocycles. The average Bonchev–Trinajstić information content (AvgIpc) is 3.06. The van der Waals surface area contributed by atoms with Crippen molar-refractivity contribution in [3.05, 3.63) is 95.1 Å². The van der Waals surface area contributed by atoms with E-state index in [4.69, 9.17) is 9.47 Å². The van der Waals surface area contributed by atoms with Crippen LogP contribution in [-0.4, -0.2) is 31.1 Å². The number of hydrogen-bond acceptors (Lipinski definition) is 4. The smallest absolute Gasteiger partial charge is 0.325 e. The Hall–Kier alpha value is -3.80. The molecule has 0 aromatic heterocycles. The second kappa shape index (κ2) is 8.75. The highest BCUT2D eigenvalue weighted by molar-refractivity contribution is 6.07. The van der Waals surface area contributed by atoms with Crippen molar-refractivity contribution >= 4 is 11.9 Å². The fourth-order valence-electron chi connectivity index (χ4n) is 4.18. The van der Waals surface area contributed by atoms with Gasteiger partial charge in [-0.25, -0.2) is 4.79 Å². The Balaban J connectivity index is 1.72. The Labute approximate surface area is 187 Å². The minimum atomic E-state index is -1.16. The minimum Gasteiger partial charge on any atom is -0.493 e. The van der Waals surface area contributed by atoms with Crippen LogP contribution in [0, 0.1) is 6.92 Å². The molecule has 0 spiro atoms. The molecule has 0 bridgehead atoms. The standard InChI is InChI=1S/C26H26N2O4/c1-18-14-22(31-2)23(32-3)15-20(18)17-28-24(29)26(27-25(28)30,21-12-8-5-9-13-21)16-19-10-6-4-7-11-19/h4-15H,16-17H2,1-3H3,(H,27,30). The van der Waals surface area contributed by atoms with Gasteiger partial charge in [0.25, 0.3) is 5.91 Å². The van der Waals surface area contributed by atoms with Gasteiger partial charge < -0.3 is 14.8 Å². The summed E-state index contributed by atoms with van der Waals surface area (Å²) < 4.78 is 10.8. The van der Waals surface area contributed by atoms with Gasteiger partial charge >= 0.3 is 6.03 Å². The van der Waals surface area contributed by atoms with Crippen LogP contribution in [0.3, 0.4) is 0 Å². The van der Waals surface area contributed by atoms with E-state index < -0.39 is 11.6 Å². The fraction of sp³-hybridized carbons (Fsp3) is 0.231. The van der Waals surface area contributed by atoms with E-state index in [1.807, 2.05) is 79.7 Å². The maximum absolute atomic E-state index is 13.8. The van der Waals surface area contributed by atoms with E-state index in [1.54, 1.807) is 14.2 Å². The third-order valence-corrected chi connectivity index (χ3v) is 5.92. The molecule has 1 N–H and O–H groups in total. The summed E-state index contributed by atoms with van der Waals surface area (Å²) in [4.78, 5) is 28.2. The third-order valence-electron chi connectivity index (χ3n) is 5.92. The number of nitrogens with zero attached hydrogens (tertiary/aromatic N) is 1. The van der Waals surface area contributed by atoms with E-state index in [1.165, 1.54) is 4.90 Å². The van der Waals surface area contributed by atoms with E-state index in [9.17, 15) is 9.59 Å². The zero-order valence-corrected chi connectivity index (χ0v) is 18.4. The van der Waals surface area contributed by atoms with Crippen LogP contribution in [-0.2, 0) is 23.3 Å². The summed E-state index contributed by atoms with van der Waals surface area (Å²) in [5, 5.41) is 3.00. The predicted molar refractivity (Wildman–Crippen MR) is 122 cm³/mol. The van der Waals surface area contributed by atoms with Crippen molar-refractivity contribution in [1.29, 1.82) is 0 Å². The van der Waals surface area contributed by atoms with Crippen LogP contribution in [0.15, 0.2) is 72.8 Å². The van der Waals surface area contributed by atoms with Gasteiger partial charge in [0, 0.05) is 6.42 Å². The first kappa shape index (κ1) is 21.4. The lowest BCUT2D eigenvalue weighted by atomic mass is 9.83. The summed E-state index contributed by atoms with van der Waals surface area (Å²) in [5.74, 6) is 0.888. The number of aryl methyl sites for hydroxylation is 1. The molecule has 3 aromatic carbocycles. The highest BCUT2D eigenvalue weighted by Gasteiger charge is 2.52. The van der Waals surface area contributed by atoms with Gasteiger partial charge in [0.05, 0.1) is 20.8 Å². The number of carbonyl (C=O) groups is 2. The number of imide groups is 1. The normalized spacial score (nSPS) is 17.9. The van der Waals surface area contributed by atoms with Crippen molar-refractivity contribution in [3.63, 3.8) is 0 Å². The molecule has 32 heavy (non-hydrogen) atoms. The summed E-state index contributed by atoms with van der Waals surface area (Å²) >= 11 is 0. The second-order valence-electron chi connectivity index (χ2n) is 7.89. The van der Waals surface area contributed by atoms with Gasteiger partial charge in [0.2, 0.25) is 0 Å². The first-order valence-corrected chi connectivity index (χ1v) is 10.4. The summed E-state index contributed by atoms with van der Waals surface area (Å²) in [5.41, 5.74) is 2.28. The Morgan fingerprint density at radius 1 is 0.875 bits per heavy atom. The predicted octanol–water partition coefficient (Wildman–Crippen LogP) is 4.20. The number of methoxy groups -OCH3 is 2. The van der Waals surface area contributed by atoms with Crippen LogP contribution < -0.4 is 14.8 Å². The van der Waals surface area contributed by atoms with Gasteiger partial charge in [0.15, 0.2) is 17.0 Å². The summed E-state index contributed by atoms with van der Waals surface area (Å²) in [7, 11) is 3.14. The van der Waals surface area contributed by atoms with Crippen molar-refractivity contribution in [2.75, 3.05) is 14.2 Å². The van der Waals surface area contributed by atoms with Crippen LogP contribution >= 0.6 is 0 Å². The summed E-state index contributed by atoms with van der Waals surface area (Å²) in [6.07, 6.45) is 0.365. The first-order chi connectivity index (χ1) is 15.5. The van der Waals surface area contributed by atoms with Gasteiger partial charge in [-0.15, -0.1) is 0 Å². The van der Waals surface area contributed by atoms with Gasteiger partial charge in [-0.1, -0.05) is 60.7 Å². The average molecular weight is 431 g/mol.